The fourth-order valence-corrected chi connectivity index (χ4v) is 1.62. The molecule has 0 fully saturated rings. The van der Waals surface area contributed by atoms with E-state index in [2.05, 4.69) is 10.6 Å². The summed E-state index contributed by atoms with van der Waals surface area (Å²) in [6.07, 6.45) is 0.914. The number of carboxylic acids is 1. The fraction of sp³-hybridized carbons (Fsp3) is 0.333. The minimum atomic E-state index is -1.12. The summed E-state index contributed by atoms with van der Waals surface area (Å²) in [5.41, 5.74) is 0.0832. The fourth-order valence-electron chi connectivity index (χ4n) is 1.46. The molecule has 19 heavy (non-hydrogen) atoms. The van der Waals surface area contributed by atoms with E-state index in [1.54, 1.807) is 6.92 Å². The van der Waals surface area contributed by atoms with Crippen molar-refractivity contribution in [3.63, 3.8) is 0 Å². The van der Waals surface area contributed by atoms with Crippen molar-refractivity contribution in [1.82, 2.24) is 5.32 Å². The van der Waals surface area contributed by atoms with Gasteiger partial charge in [0.15, 0.2) is 0 Å². The molecule has 7 heteroatoms. The summed E-state index contributed by atoms with van der Waals surface area (Å²) in [6, 6.07) is 1.78. The Balaban J connectivity index is 2.68. The van der Waals surface area contributed by atoms with Crippen LogP contribution < -0.4 is 10.6 Å². The van der Waals surface area contributed by atoms with Crippen LogP contribution in [0.1, 0.15) is 19.8 Å². The van der Waals surface area contributed by atoms with Crippen LogP contribution in [0, 0.1) is 5.82 Å². The number of halogens is 2. The Kier molecular flexibility index (Phi) is 5.57. The third-order valence-corrected chi connectivity index (χ3v) is 2.69. The van der Waals surface area contributed by atoms with Gasteiger partial charge in [-0.2, -0.15) is 0 Å². The van der Waals surface area contributed by atoms with Gasteiger partial charge < -0.3 is 15.7 Å². The van der Waals surface area contributed by atoms with E-state index < -0.39 is 23.9 Å². The number of hydrogen-bond donors (Lipinski definition) is 3. The first kappa shape index (κ1) is 15.2. The highest BCUT2D eigenvalue weighted by Crippen LogP contribution is 2.22. The van der Waals surface area contributed by atoms with Gasteiger partial charge in [-0.15, -0.1) is 0 Å². The standard InChI is InChI=1S/C12H14ClFN2O3/c1-2-3-9(11(17)18)15-12(19)16-10-6-7(14)4-5-8(10)13/h4-6,9H,2-3H2,1H3,(H,17,18)(H2,15,16,19)/t9-/m1/s1. The molecule has 5 nitrogen and oxygen atoms in total. The predicted octanol–water partition coefficient (Wildman–Crippen LogP) is 2.85. The molecule has 0 aliphatic rings. The van der Waals surface area contributed by atoms with Gasteiger partial charge in [-0.25, -0.2) is 14.0 Å². The first-order chi connectivity index (χ1) is 8.93. The van der Waals surface area contributed by atoms with Crippen molar-refractivity contribution in [2.45, 2.75) is 25.8 Å². The number of hydrogen-bond acceptors (Lipinski definition) is 2. The Hall–Kier alpha value is -1.82. The van der Waals surface area contributed by atoms with Crippen molar-refractivity contribution < 1.29 is 19.1 Å². The lowest BCUT2D eigenvalue weighted by molar-refractivity contribution is -0.139. The molecule has 0 aliphatic carbocycles. The highest BCUT2D eigenvalue weighted by molar-refractivity contribution is 6.33. The second-order valence-electron chi connectivity index (χ2n) is 3.90. The first-order valence-corrected chi connectivity index (χ1v) is 6.07. The van der Waals surface area contributed by atoms with E-state index in [4.69, 9.17) is 16.7 Å². The van der Waals surface area contributed by atoms with Gasteiger partial charge in [-0.1, -0.05) is 24.9 Å². The van der Waals surface area contributed by atoms with E-state index in [9.17, 15) is 14.0 Å². The zero-order chi connectivity index (χ0) is 14.4. The molecule has 2 amide bonds. The van der Waals surface area contributed by atoms with Crippen LogP contribution in [0.25, 0.3) is 0 Å². The predicted molar refractivity (Wildman–Crippen MR) is 69.9 cm³/mol. The average molecular weight is 289 g/mol. The van der Waals surface area contributed by atoms with Crippen LogP contribution in [0.5, 0.6) is 0 Å². The Morgan fingerprint density at radius 3 is 2.74 bits per heavy atom. The lowest BCUT2D eigenvalue weighted by atomic mass is 10.2. The number of nitrogens with one attached hydrogen (secondary N) is 2. The van der Waals surface area contributed by atoms with Gasteiger partial charge in [0.05, 0.1) is 10.7 Å². The van der Waals surface area contributed by atoms with Crippen molar-refractivity contribution in [3.05, 3.63) is 29.0 Å². The lowest BCUT2D eigenvalue weighted by Gasteiger charge is -2.14. The second-order valence-corrected chi connectivity index (χ2v) is 4.31. The Morgan fingerprint density at radius 1 is 1.47 bits per heavy atom. The Morgan fingerprint density at radius 2 is 2.16 bits per heavy atom. The van der Waals surface area contributed by atoms with Gasteiger partial charge >= 0.3 is 12.0 Å². The number of carbonyl (C=O) groups excluding carboxylic acids is 1. The monoisotopic (exact) mass is 288 g/mol. The summed E-state index contributed by atoms with van der Waals surface area (Å²) in [7, 11) is 0. The molecule has 1 aromatic rings. The molecule has 3 N–H and O–H groups in total. The maximum atomic E-state index is 13.0. The number of urea groups is 1. The van der Waals surface area contributed by atoms with Crippen molar-refractivity contribution in [2.75, 3.05) is 5.32 Å². The van der Waals surface area contributed by atoms with Crippen LogP contribution >= 0.6 is 11.6 Å². The van der Waals surface area contributed by atoms with Crippen LogP contribution in [-0.2, 0) is 4.79 Å². The van der Waals surface area contributed by atoms with E-state index in [-0.39, 0.29) is 10.7 Å². The van der Waals surface area contributed by atoms with Gasteiger partial charge in [0.25, 0.3) is 0 Å². The molecule has 0 bridgehead atoms. The number of anilines is 1. The summed E-state index contributed by atoms with van der Waals surface area (Å²) in [6.45, 7) is 1.80. The Bertz CT molecular complexity index is 482. The van der Waals surface area contributed by atoms with Gasteiger partial charge in [0.1, 0.15) is 11.9 Å². The number of benzene rings is 1. The van der Waals surface area contributed by atoms with Crippen LogP contribution in [0.4, 0.5) is 14.9 Å². The van der Waals surface area contributed by atoms with E-state index in [0.717, 1.165) is 12.1 Å². The molecule has 0 unspecified atom stereocenters. The van der Waals surface area contributed by atoms with Gasteiger partial charge in [-0.3, -0.25) is 0 Å². The average Bonchev–Trinajstić information content (AvgIpc) is 2.33. The molecular weight excluding hydrogens is 275 g/mol. The van der Waals surface area contributed by atoms with Gasteiger partial charge in [0.2, 0.25) is 0 Å². The van der Waals surface area contributed by atoms with Crippen molar-refractivity contribution >= 4 is 29.3 Å². The highest BCUT2D eigenvalue weighted by atomic mass is 35.5. The molecule has 0 saturated carbocycles. The first-order valence-electron chi connectivity index (χ1n) is 5.69. The van der Waals surface area contributed by atoms with E-state index in [1.807, 2.05) is 0 Å². The van der Waals surface area contributed by atoms with Crippen LogP contribution in [0.15, 0.2) is 18.2 Å². The normalized spacial score (nSPS) is 11.7. The molecule has 0 aliphatic heterocycles. The summed E-state index contributed by atoms with van der Waals surface area (Å²) >= 11 is 5.78. The minimum absolute atomic E-state index is 0.0832. The molecule has 0 saturated heterocycles. The van der Waals surface area contributed by atoms with Crippen LogP contribution in [0.2, 0.25) is 5.02 Å². The summed E-state index contributed by atoms with van der Waals surface area (Å²) in [5, 5.41) is 13.6. The third-order valence-electron chi connectivity index (χ3n) is 2.36. The van der Waals surface area contributed by atoms with Crippen molar-refractivity contribution in [3.8, 4) is 0 Å². The van der Waals surface area contributed by atoms with Crippen LogP contribution in [-0.4, -0.2) is 23.1 Å². The largest absolute Gasteiger partial charge is 0.480 e. The van der Waals surface area contributed by atoms with Crippen LogP contribution in [0.3, 0.4) is 0 Å². The van der Waals surface area contributed by atoms with Gasteiger partial charge in [-0.05, 0) is 24.6 Å². The topological polar surface area (TPSA) is 78.4 Å². The number of rotatable bonds is 5. The zero-order valence-electron chi connectivity index (χ0n) is 10.2. The zero-order valence-corrected chi connectivity index (χ0v) is 11.0. The molecule has 1 atom stereocenters. The molecule has 1 rings (SSSR count). The Labute approximate surface area is 114 Å². The highest BCUT2D eigenvalue weighted by Gasteiger charge is 2.19. The second kappa shape index (κ2) is 6.94. The number of carboxylic acid groups (broad SMARTS) is 1. The molecule has 0 heterocycles. The molecule has 0 aromatic heterocycles. The number of carbonyl (C=O) groups is 2. The maximum absolute atomic E-state index is 13.0. The van der Waals surface area contributed by atoms with E-state index in [1.165, 1.54) is 6.07 Å². The third kappa shape index (κ3) is 4.75. The molecule has 1 aromatic carbocycles. The van der Waals surface area contributed by atoms with Crippen molar-refractivity contribution in [1.29, 1.82) is 0 Å². The van der Waals surface area contributed by atoms with E-state index >= 15 is 0 Å². The molecule has 0 radical (unpaired) electrons. The smallest absolute Gasteiger partial charge is 0.326 e. The minimum Gasteiger partial charge on any atom is -0.480 e. The SMILES string of the molecule is CCC[C@@H](NC(=O)Nc1cc(F)ccc1Cl)C(=O)O. The summed E-state index contributed by atoms with van der Waals surface area (Å²) < 4.78 is 13.0. The molecular formula is C12H14ClFN2O3. The van der Waals surface area contributed by atoms with Crippen molar-refractivity contribution in [2.24, 2.45) is 0 Å². The summed E-state index contributed by atoms with van der Waals surface area (Å²) in [5.74, 6) is -1.68. The number of aliphatic carboxylic acids is 1. The molecule has 104 valence electrons. The van der Waals surface area contributed by atoms with Gasteiger partial charge in [0, 0.05) is 0 Å². The maximum Gasteiger partial charge on any atom is 0.326 e. The summed E-state index contributed by atoms with van der Waals surface area (Å²) in [4.78, 5) is 22.5. The van der Waals surface area contributed by atoms with E-state index in [0.29, 0.717) is 12.8 Å². The molecule has 0 spiro atoms. The quantitative estimate of drug-likeness (QED) is 0.779. The number of amides is 2. The lowest BCUT2D eigenvalue weighted by Crippen LogP contribution is -2.42.